The van der Waals surface area contributed by atoms with Crippen molar-refractivity contribution in [3.63, 3.8) is 0 Å². The zero-order valence-corrected chi connectivity index (χ0v) is 21.0. The summed E-state index contributed by atoms with van der Waals surface area (Å²) < 4.78 is 32.0. The van der Waals surface area contributed by atoms with Gasteiger partial charge in [-0.15, -0.1) is 0 Å². The van der Waals surface area contributed by atoms with Crippen molar-refractivity contribution in [1.82, 2.24) is 10.3 Å². The Hall–Kier alpha value is -3.74. The summed E-state index contributed by atoms with van der Waals surface area (Å²) >= 11 is 0. The molecule has 5 aromatic rings. The number of aliphatic hydroxyl groups is 1. The van der Waals surface area contributed by atoms with Gasteiger partial charge in [-0.2, -0.15) is 0 Å². The number of halogens is 2. The maximum Gasteiger partial charge on any atom is 0.140 e. The molecule has 0 saturated heterocycles. The molecule has 188 valence electrons. The second-order valence-electron chi connectivity index (χ2n) is 10.5. The standard InChI is InChI=1S/C31H29F2N3O/c1-17-15-34-28-21(17)9-6-10-22(28)25-23(32)14-24-26(27(25)33)29(30(37)31(2,3)36-24)35-16-18-11-12-19-7-4-5-8-20(19)13-18/h4-15,29-30,34-37H,16H2,1-3H3/t29?,30-/m1/s1. The molecule has 1 aliphatic heterocycles. The van der Waals surface area contributed by atoms with Crippen LogP contribution in [0.1, 0.15) is 36.6 Å². The SMILES string of the molecule is Cc1c[nH]c2c(-c3c(F)cc4c(c3F)C(NCc3ccc5ccccc5c3)[C@@H](O)C(C)(C)N4)cccc12. The maximum atomic E-state index is 16.4. The van der Waals surface area contributed by atoms with Gasteiger partial charge in [-0.1, -0.05) is 54.6 Å². The summed E-state index contributed by atoms with van der Waals surface area (Å²) in [6.07, 6.45) is 0.876. The number of nitrogens with one attached hydrogen (secondary N) is 3. The van der Waals surface area contributed by atoms with Crippen molar-refractivity contribution in [3.8, 4) is 11.1 Å². The van der Waals surface area contributed by atoms with Gasteiger partial charge >= 0.3 is 0 Å². The van der Waals surface area contributed by atoms with Crippen LogP contribution >= 0.6 is 0 Å². The summed E-state index contributed by atoms with van der Waals surface area (Å²) in [5, 5.41) is 21.0. The van der Waals surface area contributed by atoms with Gasteiger partial charge in [0.05, 0.1) is 28.8 Å². The summed E-state index contributed by atoms with van der Waals surface area (Å²) in [6, 6.07) is 20.3. The highest BCUT2D eigenvalue weighted by Crippen LogP contribution is 2.44. The molecule has 0 radical (unpaired) electrons. The second kappa shape index (κ2) is 8.68. The normalized spacial score (nSPS) is 18.6. The summed E-state index contributed by atoms with van der Waals surface area (Å²) in [6.45, 7) is 6.03. The number of rotatable bonds is 4. The highest BCUT2D eigenvalue weighted by molar-refractivity contribution is 5.96. The fourth-order valence-electron chi connectivity index (χ4n) is 5.58. The minimum atomic E-state index is -0.961. The number of aryl methyl sites for hydroxylation is 1. The van der Waals surface area contributed by atoms with Crippen LogP contribution < -0.4 is 10.6 Å². The van der Waals surface area contributed by atoms with Gasteiger partial charge < -0.3 is 20.7 Å². The number of hydrogen-bond acceptors (Lipinski definition) is 3. The highest BCUT2D eigenvalue weighted by atomic mass is 19.1. The van der Waals surface area contributed by atoms with E-state index in [0.717, 1.165) is 27.3 Å². The Kier molecular flexibility index (Phi) is 5.55. The molecule has 37 heavy (non-hydrogen) atoms. The van der Waals surface area contributed by atoms with E-state index >= 15 is 8.78 Å². The van der Waals surface area contributed by atoms with E-state index in [0.29, 0.717) is 23.3 Å². The number of aromatic nitrogens is 1. The molecule has 1 aliphatic rings. The van der Waals surface area contributed by atoms with Gasteiger partial charge in [-0.3, -0.25) is 0 Å². The topological polar surface area (TPSA) is 60.1 Å². The van der Waals surface area contributed by atoms with Crippen molar-refractivity contribution in [3.05, 3.63) is 101 Å². The third-order valence-electron chi connectivity index (χ3n) is 7.61. The van der Waals surface area contributed by atoms with Crippen LogP contribution in [0.25, 0.3) is 32.8 Å². The van der Waals surface area contributed by atoms with Crippen LogP contribution in [0.3, 0.4) is 0 Å². The zero-order valence-electron chi connectivity index (χ0n) is 21.0. The third-order valence-corrected chi connectivity index (χ3v) is 7.61. The lowest BCUT2D eigenvalue weighted by Crippen LogP contribution is -2.54. The monoisotopic (exact) mass is 497 g/mol. The van der Waals surface area contributed by atoms with Crippen LogP contribution in [0.2, 0.25) is 0 Å². The van der Waals surface area contributed by atoms with E-state index in [1.807, 2.05) is 63.4 Å². The van der Waals surface area contributed by atoms with Gasteiger partial charge in [0.15, 0.2) is 0 Å². The van der Waals surface area contributed by atoms with Gasteiger partial charge in [0.2, 0.25) is 0 Å². The van der Waals surface area contributed by atoms with E-state index < -0.39 is 29.3 Å². The summed E-state index contributed by atoms with van der Waals surface area (Å²) in [5.74, 6) is -1.32. The molecule has 4 aromatic carbocycles. The third kappa shape index (κ3) is 3.88. The summed E-state index contributed by atoms with van der Waals surface area (Å²) in [5.41, 5.74) is 2.84. The molecule has 0 fully saturated rings. The summed E-state index contributed by atoms with van der Waals surface area (Å²) in [4.78, 5) is 3.17. The van der Waals surface area contributed by atoms with Crippen LogP contribution in [-0.4, -0.2) is 21.7 Å². The van der Waals surface area contributed by atoms with E-state index in [4.69, 9.17) is 0 Å². The number of fused-ring (bicyclic) bond motifs is 3. The Balaban J connectivity index is 1.45. The Labute approximate surface area is 214 Å². The first-order valence-corrected chi connectivity index (χ1v) is 12.5. The average Bonchev–Trinajstić information content (AvgIpc) is 3.26. The lowest BCUT2D eigenvalue weighted by Gasteiger charge is -2.44. The number of H-pyrrole nitrogens is 1. The van der Waals surface area contributed by atoms with Gasteiger partial charge in [0.1, 0.15) is 11.6 Å². The number of aliphatic hydroxyl groups excluding tert-OH is 1. The molecule has 2 heterocycles. The molecule has 6 rings (SSSR count). The number of benzene rings is 4. The molecule has 4 N–H and O–H groups in total. The molecule has 0 bridgehead atoms. The van der Waals surface area contributed by atoms with Crippen molar-refractivity contribution in [1.29, 1.82) is 0 Å². The Bertz CT molecular complexity index is 1660. The van der Waals surface area contributed by atoms with Crippen molar-refractivity contribution in [2.24, 2.45) is 0 Å². The predicted octanol–water partition coefficient (Wildman–Crippen LogP) is 6.97. The molecule has 0 amide bonds. The lowest BCUT2D eigenvalue weighted by molar-refractivity contribution is 0.0663. The maximum absolute atomic E-state index is 16.4. The average molecular weight is 498 g/mol. The Morgan fingerprint density at radius 1 is 0.973 bits per heavy atom. The molecule has 6 heteroatoms. The van der Waals surface area contributed by atoms with E-state index in [9.17, 15) is 5.11 Å². The van der Waals surface area contributed by atoms with Gasteiger partial charge in [-0.25, -0.2) is 8.78 Å². The fraction of sp³-hybridized carbons (Fsp3) is 0.226. The Morgan fingerprint density at radius 2 is 1.76 bits per heavy atom. The molecule has 1 aromatic heterocycles. The molecule has 0 saturated carbocycles. The van der Waals surface area contributed by atoms with Crippen molar-refractivity contribution in [2.75, 3.05) is 5.32 Å². The second-order valence-corrected chi connectivity index (χ2v) is 10.5. The lowest BCUT2D eigenvalue weighted by atomic mass is 9.80. The number of para-hydroxylation sites is 1. The molecule has 0 aliphatic carbocycles. The number of anilines is 1. The highest BCUT2D eigenvalue weighted by Gasteiger charge is 2.43. The van der Waals surface area contributed by atoms with Crippen molar-refractivity contribution >= 4 is 27.4 Å². The largest absolute Gasteiger partial charge is 0.389 e. The fourth-order valence-corrected chi connectivity index (χ4v) is 5.58. The first kappa shape index (κ1) is 23.6. The molecule has 0 spiro atoms. The van der Waals surface area contributed by atoms with Gasteiger partial charge in [0.25, 0.3) is 0 Å². The minimum absolute atomic E-state index is 0.0996. The smallest absolute Gasteiger partial charge is 0.140 e. The van der Waals surface area contributed by atoms with Crippen LogP contribution in [0.4, 0.5) is 14.5 Å². The van der Waals surface area contributed by atoms with Crippen LogP contribution in [0.15, 0.2) is 72.9 Å². The quantitative estimate of drug-likeness (QED) is 0.217. The Morgan fingerprint density at radius 3 is 2.57 bits per heavy atom. The molecule has 4 nitrogen and oxygen atoms in total. The zero-order chi connectivity index (χ0) is 25.9. The first-order chi connectivity index (χ1) is 17.7. The number of aromatic amines is 1. The van der Waals surface area contributed by atoms with Crippen molar-refractivity contribution in [2.45, 2.75) is 45.0 Å². The van der Waals surface area contributed by atoms with Crippen LogP contribution in [-0.2, 0) is 6.54 Å². The molecular formula is C31H29F2N3O. The van der Waals surface area contributed by atoms with Crippen molar-refractivity contribution < 1.29 is 13.9 Å². The van der Waals surface area contributed by atoms with Crippen LogP contribution in [0, 0.1) is 18.6 Å². The van der Waals surface area contributed by atoms with Gasteiger partial charge in [-0.05, 0) is 54.8 Å². The molecule has 2 atom stereocenters. The van der Waals surface area contributed by atoms with Gasteiger partial charge in [0, 0.05) is 34.9 Å². The minimum Gasteiger partial charge on any atom is -0.389 e. The molecular weight excluding hydrogens is 468 g/mol. The molecule has 1 unspecified atom stereocenters. The predicted molar refractivity (Wildman–Crippen MR) is 146 cm³/mol. The van der Waals surface area contributed by atoms with E-state index in [2.05, 4.69) is 33.8 Å². The summed E-state index contributed by atoms with van der Waals surface area (Å²) in [7, 11) is 0. The number of hydrogen-bond donors (Lipinski definition) is 4. The van der Waals surface area contributed by atoms with Crippen LogP contribution in [0.5, 0.6) is 0 Å². The van der Waals surface area contributed by atoms with E-state index in [1.54, 1.807) is 6.07 Å². The first-order valence-electron chi connectivity index (χ1n) is 12.5. The van der Waals surface area contributed by atoms with E-state index in [-0.39, 0.29) is 11.1 Å². The van der Waals surface area contributed by atoms with E-state index in [1.165, 1.54) is 6.07 Å².